The van der Waals surface area contributed by atoms with E-state index in [1.54, 1.807) is 0 Å². The van der Waals surface area contributed by atoms with Gasteiger partial charge in [0, 0.05) is 0 Å². The molecule has 37 heavy (non-hydrogen) atoms. The van der Waals surface area contributed by atoms with Crippen molar-refractivity contribution in [2.24, 2.45) is 0 Å². The van der Waals surface area contributed by atoms with Crippen molar-refractivity contribution in [3.63, 3.8) is 0 Å². The standard InChI is InChI=1S/C26H24P2.2NO3.Pd/c1-5-13-23(14-6-1)27(24-15-7-2-8-16-24)21-22-28(25-17-9-3-10-18-25)26-19-11-4-12-20-26;2*2-1(3)4;/h1-20H,21-22H2;;;/q;2*-1;+2/p+2. The molecule has 8 nitrogen and oxygen atoms in total. The predicted molar refractivity (Wildman–Crippen MR) is 151 cm³/mol. The van der Waals surface area contributed by atoms with Crippen molar-refractivity contribution in [2.45, 2.75) is 0 Å². The van der Waals surface area contributed by atoms with E-state index in [0.29, 0.717) is 0 Å². The Morgan fingerprint density at radius 1 is 0.432 bits per heavy atom. The maximum atomic E-state index is 8.25. The molecule has 0 spiro atoms. The summed E-state index contributed by atoms with van der Waals surface area (Å²) in [6, 6.07) is 44.5. The van der Waals surface area contributed by atoms with Crippen LogP contribution in [0, 0.1) is 30.6 Å². The van der Waals surface area contributed by atoms with Crippen LogP contribution in [0.5, 0.6) is 0 Å². The van der Waals surface area contributed by atoms with Crippen LogP contribution >= 0.6 is 15.8 Å². The van der Waals surface area contributed by atoms with E-state index in [0.717, 1.165) is 0 Å². The second kappa shape index (κ2) is 18.1. The first-order chi connectivity index (χ1) is 17.4. The fourth-order valence-electron chi connectivity index (χ4n) is 3.72. The molecule has 0 aliphatic heterocycles. The zero-order valence-electron chi connectivity index (χ0n) is 19.6. The number of rotatable bonds is 7. The Hall–Kier alpha value is -3.20. The zero-order chi connectivity index (χ0) is 26.2. The quantitative estimate of drug-likeness (QED) is 0.130. The van der Waals surface area contributed by atoms with Crippen LogP contribution in [0.4, 0.5) is 0 Å². The van der Waals surface area contributed by atoms with Crippen LogP contribution in [0.2, 0.25) is 0 Å². The van der Waals surface area contributed by atoms with E-state index in [2.05, 4.69) is 121 Å². The van der Waals surface area contributed by atoms with Gasteiger partial charge in [-0.15, -0.1) is 0 Å². The summed E-state index contributed by atoms with van der Waals surface area (Å²) >= 11 is 0. The van der Waals surface area contributed by atoms with Crippen LogP contribution in [0.3, 0.4) is 0 Å². The second-order valence-electron chi connectivity index (χ2n) is 7.37. The first-order valence-electron chi connectivity index (χ1n) is 10.9. The molecule has 0 bridgehead atoms. The molecular weight excluding hydrogens is 605 g/mol. The molecule has 0 heterocycles. The van der Waals surface area contributed by atoms with Crippen LogP contribution in [0.1, 0.15) is 0 Å². The molecule has 0 N–H and O–H groups in total. The van der Waals surface area contributed by atoms with Crippen LogP contribution in [-0.2, 0) is 20.4 Å². The Morgan fingerprint density at radius 3 is 0.757 bits per heavy atom. The molecule has 0 aliphatic carbocycles. The molecule has 0 radical (unpaired) electrons. The predicted octanol–water partition coefficient (Wildman–Crippen LogP) is 4.24. The third-order valence-corrected chi connectivity index (χ3v) is 11.2. The van der Waals surface area contributed by atoms with Crippen molar-refractivity contribution in [3.05, 3.63) is 152 Å². The molecule has 0 unspecified atom stereocenters. The van der Waals surface area contributed by atoms with Crippen LogP contribution in [-0.4, -0.2) is 22.5 Å². The van der Waals surface area contributed by atoms with Crippen molar-refractivity contribution in [1.29, 1.82) is 0 Å². The third kappa shape index (κ3) is 12.5. The molecule has 0 saturated carbocycles. The van der Waals surface area contributed by atoms with E-state index >= 15 is 0 Å². The van der Waals surface area contributed by atoms with Crippen molar-refractivity contribution in [2.75, 3.05) is 12.3 Å². The monoisotopic (exact) mass is 630 g/mol. The zero-order valence-corrected chi connectivity index (χ0v) is 23.2. The number of benzene rings is 4. The minimum Gasteiger partial charge on any atom is -0.356 e. The Kier molecular flexibility index (Phi) is 15.6. The van der Waals surface area contributed by atoms with Gasteiger partial charge in [-0.1, -0.05) is 72.8 Å². The first-order valence-corrected chi connectivity index (χ1v) is 14.4. The Balaban J connectivity index is 0.000000671. The largest absolute Gasteiger partial charge is 2.00 e. The molecule has 4 aromatic rings. The molecule has 0 aliphatic rings. The SMILES string of the molecule is O=[N+]([O-])[O-].O=[N+]([O-])[O-].[Pd+2].c1ccc([PH+](CC[PH+](c2ccccc2)c2ccccc2)c2ccccc2)cc1. The van der Waals surface area contributed by atoms with E-state index < -0.39 is 26.0 Å². The molecule has 194 valence electrons. The van der Waals surface area contributed by atoms with Gasteiger partial charge in [0.05, 0.1) is 47.2 Å². The molecule has 11 heteroatoms. The summed E-state index contributed by atoms with van der Waals surface area (Å²) in [4.78, 5) is 16.5. The summed E-state index contributed by atoms with van der Waals surface area (Å²) in [5, 5.41) is 35.6. The van der Waals surface area contributed by atoms with Gasteiger partial charge in [0.2, 0.25) is 0 Å². The van der Waals surface area contributed by atoms with Gasteiger partial charge in [-0.25, -0.2) is 0 Å². The summed E-state index contributed by atoms with van der Waals surface area (Å²) in [5.41, 5.74) is 0. The number of hydrogen-bond acceptors (Lipinski definition) is 6. The molecule has 0 aromatic heterocycles. The molecular formula is C26H26N2O6P2Pd+2. The summed E-state index contributed by atoms with van der Waals surface area (Å²) in [5.74, 6) is 0. The Bertz CT molecular complexity index is 995. The Morgan fingerprint density at radius 2 is 0.595 bits per heavy atom. The van der Waals surface area contributed by atoms with Gasteiger partial charge in [0.25, 0.3) is 0 Å². The van der Waals surface area contributed by atoms with Crippen LogP contribution in [0.15, 0.2) is 121 Å². The van der Waals surface area contributed by atoms with E-state index in [1.807, 2.05) is 0 Å². The summed E-state index contributed by atoms with van der Waals surface area (Å²) < 4.78 is 0. The normalized spacial score (nSPS) is 9.68. The average Bonchev–Trinajstić information content (AvgIpc) is 2.88. The molecule has 0 fully saturated rings. The van der Waals surface area contributed by atoms with E-state index in [4.69, 9.17) is 30.6 Å². The van der Waals surface area contributed by atoms with Gasteiger partial charge >= 0.3 is 20.4 Å². The molecule has 4 aromatic carbocycles. The topological polar surface area (TPSA) is 132 Å². The van der Waals surface area contributed by atoms with Gasteiger partial charge < -0.3 is 30.6 Å². The van der Waals surface area contributed by atoms with Gasteiger partial charge in [-0.3, -0.25) is 0 Å². The minimum atomic E-state index is -1.75. The van der Waals surface area contributed by atoms with Gasteiger partial charge in [0.15, 0.2) is 0 Å². The van der Waals surface area contributed by atoms with E-state index in [1.165, 1.54) is 33.5 Å². The van der Waals surface area contributed by atoms with Crippen LogP contribution in [0.25, 0.3) is 0 Å². The van der Waals surface area contributed by atoms with Gasteiger partial charge in [-0.2, -0.15) is 0 Å². The minimum absolute atomic E-state index is 0. The van der Waals surface area contributed by atoms with Crippen molar-refractivity contribution in [1.82, 2.24) is 0 Å². The third-order valence-electron chi connectivity index (χ3n) is 5.11. The van der Waals surface area contributed by atoms with E-state index in [-0.39, 0.29) is 20.4 Å². The summed E-state index contributed by atoms with van der Waals surface area (Å²) in [6.07, 6.45) is 2.52. The summed E-state index contributed by atoms with van der Waals surface area (Å²) in [6.45, 7) is 0. The molecule has 0 saturated heterocycles. The van der Waals surface area contributed by atoms with Crippen molar-refractivity contribution in [3.8, 4) is 0 Å². The van der Waals surface area contributed by atoms with Gasteiger partial charge in [-0.05, 0) is 48.5 Å². The average molecular weight is 631 g/mol. The van der Waals surface area contributed by atoms with Gasteiger partial charge in [0.1, 0.15) is 12.3 Å². The molecule has 0 amide bonds. The smallest absolute Gasteiger partial charge is 0.356 e. The number of nitrogens with zero attached hydrogens (tertiary/aromatic N) is 2. The van der Waals surface area contributed by atoms with Crippen LogP contribution < -0.4 is 21.2 Å². The second-order valence-corrected chi connectivity index (χ2v) is 12.6. The molecule has 0 atom stereocenters. The molecule has 4 rings (SSSR count). The first kappa shape index (κ1) is 31.8. The Labute approximate surface area is 231 Å². The number of hydrogen-bond donors (Lipinski definition) is 0. The van der Waals surface area contributed by atoms with Crippen molar-refractivity contribution >= 4 is 37.1 Å². The fourth-order valence-corrected chi connectivity index (χ4v) is 9.92. The van der Waals surface area contributed by atoms with Crippen molar-refractivity contribution < 1.29 is 30.6 Å². The summed E-state index contributed by atoms with van der Waals surface area (Å²) in [7, 11) is -1.57. The van der Waals surface area contributed by atoms with E-state index in [9.17, 15) is 0 Å². The maximum absolute atomic E-state index is 8.25. The maximum Gasteiger partial charge on any atom is 2.00 e. The fraction of sp³-hybridized carbons (Fsp3) is 0.0769.